The highest BCUT2D eigenvalue weighted by Gasteiger charge is 2.40. The molecule has 3 heterocycles. The van der Waals surface area contributed by atoms with E-state index < -0.39 is 5.41 Å². The molecule has 8 nitrogen and oxygen atoms in total. The molecular weight excluding hydrogens is 384 g/mol. The van der Waals surface area contributed by atoms with Crippen LogP contribution < -0.4 is 10.2 Å². The third-order valence-electron chi connectivity index (χ3n) is 5.86. The van der Waals surface area contributed by atoms with Crippen LogP contribution in [0.1, 0.15) is 49.0 Å². The van der Waals surface area contributed by atoms with Gasteiger partial charge >= 0.3 is 0 Å². The summed E-state index contributed by atoms with van der Waals surface area (Å²) in [6.07, 6.45) is 4.18. The summed E-state index contributed by atoms with van der Waals surface area (Å²) in [5.41, 5.74) is 0.989. The third-order valence-corrected chi connectivity index (χ3v) is 5.86. The molecule has 0 saturated carbocycles. The van der Waals surface area contributed by atoms with E-state index >= 15 is 0 Å². The van der Waals surface area contributed by atoms with Crippen molar-refractivity contribution >= 4 is 29.1 Å². The second-order valence-electron chi connectivity index (χ2n) is 8.30. The summed E-state index contributed by atoms with van der Waals surface area (Å²) in [6, 6.07) is 7.35. The fraction of sp³-hybridized carbons (Fsp3) is 0.455. The number of benzene rings is 1. The first-order valence-corrected chi connectivity index (χ1v) is 10.3. The van der Waals surface area contributed by atoms with Gasteiger partial charge in [-0.25, -0.2) is 4.98 Å². The molecule has 0 spiro atoms. The van der Waals surface area contributed by atoms with Crippen molar-refractivity contribution in [3.63, 3.8) is 0 Å². The maximum absolute atomic E-state index is 13.1. The highest BCUT2D eigenvalue weighted by molar-refractivity contribution is 5.99. The lowest BCUT2D eigenvalue weighted by atomic mass is 9.80. The minimum absolute atomic E-state index is 0.106. The van der Waals surface area contributed by atoms with E-state index in [9.17, 15) is 14.4 Å². The van der Waals surface area contributed by atoms with E-state index in [1.165, 1.54) is 6.26 Å². The zero-order valence-electron chi connectivity index (χ0n) is 17.3. The Morgan fingerprint density at radius 3 is 2.77 bits per heavy atom. The molecule has 2 aromatic rings. The minimum Gasteiger partial charge on any atom is -0.448 e. The molecule has 1 atom stereocenters. The molecule has 2 saturated heterocycles. The quantitative estimate of drug-likeness (QED) is 0.836. The number of hydrogen-bond acceptors (Lipinski definition) is 5. The zero-order chi connectivity index (χ0) is 21.3. The van der Waals surface area contributed by atoms with Gasteiger partial charge in [-0.15, -0.1) is 0 Å². The second-order valence-corrected chi connectivity index (χ2v) is 8.30. The number of hydrogen-bond donors (Lipinski definition) is 1. The molecule has 0 radical (unpaired) electrons. The Morgan fingerprint density at radius 2 is 2.07 bits per heavy atom. The molecule has 0 unspecified atom stereocenters. The first kappa shape index (κ1) is 20.1. The summed E-state index contributed by atoms with van der Waals surface area (Å²) in [6.45, 7) is 5.17. The number of anilines is 2. The zero-order valence-corrected chi connectivity index (χ0v) is 17.3. The number of piperidine rings is 1. The van der Waals surface area contributed by atoms with E-state index in [1.54, 1.807) is 16.7 Å². The summed E-state index contributed by atoms with van der Waals surface area (Å²) in [5, 5.41) is 2.99. The molecule has 2 aliphatic rings. The maximum atomic E-state index is 13.1. The number of nitrogens with one attached hydrogen (secondary N) is 1. The normalized spacial score (nSPS) is 21.7. The Kier molecular flexibility index (Phi) is 5.32. The van der Waals surface area contributed by atoms with Crippen LogP contribution in [0.2, 0.25) is 0 Å². The Bertz CT molecular complexity index is 985. The predicted octanol–water partition coefficient (Wildman–Crippen LogP) is 2.99. The number of rotatable bonds is 4. The summed E-state index contributed by atoms with van der Waals surface area (Å²) in [5.74, 6) is 0.184. The van der Waals surface area contributed by atoms with E-state index in [0.717, 1.165) is 18.5 Å². The summed E-state index contributed by atoms with van der Waals surface area (Å²) in [4.78, 5) is 45.4. The van der Waals surface area contributed by atoms with Crippen molar-refractivity contribution in [3.8, 4) is 0 Å². The standard InChI is InChI=1S/C22H26N4O4/c1-15-23-18(13-30-15)20(28)25-10-5-9-22(2,14-25)21(29)24-16-6-3-7-17(12-16)26-11-4-8-19(26)27/h3,6-7,12-13H,4-5,8-11,14H2,1-2H3,(H,24,29)/t22-/m0/s1. The fourth-order valence-corrected chi connectivity index (χ4v) is 4.18. The lowest BCUT2D eigenvalue weighted by Gasteiger charge is -2.39. The summed E-state index contributed by atoms with van der Waals surface area (Å²) in [7, 11) is 0. The number of nitrogens with zero attached hydrogens (tertiary/aromatic N) is 3. The molecule has 2 aliphatic heterocycles. The van der Waals surface area contributed by atoms with Crippen molar-refractivity contribution in [2.45, 2.75) is 39.5 Å². The van der Waals surface area contributed by atoms with Crippen molar-refractivity contribution in [2.75, 3.05) is 29.9 Å². The van der Waals surface area contributed by atoms with Crippen LogP contribution in [0.4, 0.5) is 11.4 Å². The second kappa shape index (κ2) is 7.93. The van der Waals surface area contributed by atoms with Crippen molar-refractivity contribution in [1.82, 2.24) is 9.88 Å². The fourth-order valence-electron chi connectivity index (χ4n) is 4.18. The lowest BCUT2D eigenvalue weighted by Crippen LogP contribution is -2.50. The number of aromatic nitrogens is 1. The van der Waals surface area contributed by atoms with Gasteiger partial charge in [-0.2, -0.15) is 0 Å². The molecule has 0 aliphatic carbocycles. The van der Waals surface area contributed by atoms with Crippen molar-refractivity contribution in [2.24, 2.45) is 5.41 Å². The van der Waals surface area contributed by atoms with Gasteiger partial charge in [0, 0.05) is 44.4 Å². The topological polar surface area (TPSA) is 95.8 Å². The van der Waals surface area contributed by atoms with E-state index in [-0.39, 0.29) is 23.4 Å². The number of amides is 3. The van der Waals surface area contributed by atoms with Crippen molar-refractivity contribution in [3.05, 3.63) is 42.1 Å². The highest BCUT2D eigenvalue weighted by atomic mass is 16.3. The van der Waals surface area contributed by atoms with Crippen LogP contribution >= 0.6 is 0 Å². The molecule has 3 amide bonds. The summed E-state index contributed by atoms with van der Waals surface area (Å²) < 4.78 is 5.15. The van der Waals surface area contributed by atoms with Gasteiger partial charge < -0.3 is 19.5 Å². The molecule has 30 heavy (non-hydrogen) atoms. The number of aryl methyl sites for hydroxylation is 1. The molecular formula is C22H26N4O4. The Morgan fingerprint density at radius 1 is 1.23 bits per heavy atom. The first-order chi connectivity index (χ1) is 14.4. The average Bonchev–Trinajstić information content (AvgIpc) is 3.36. The Labute approximate surface area is 175 Å². The molecule has 1 aromatic heterocycles. The molecule has 8 heteroatoms. The van der Waals surface area contributed by atoms with E-state index in [1.807, 2.05) is 31.2 Å². The lowest BCUT2D eigenvalue weighted by molar-refractivity contribution is -0.127. The van der Waals surface area contributed by atoms with Crippen molar-refractivity contribution < 1.29 is 18.8 Å². The van der Waals surface area contributed by atoms with Crippen molar-refractivity contribution in [1.29, 1.82) is 0 Å². The summed E-state index contributed by atoms with van der Waals surface area (Å²) >= 11 is 0. The average molecular weight is 410 g/mol. The van der Waals surface area contributed by atoms with Crippen LogP contribution in [0, 0.1) is 12.3 Å². The Hall–Kier alpha value is -3.16. The molecule has 2 fully saturated rings. The molecule has 0 bridgehead atoms. The van der Waals surface area contributed by atoms with Crippen LogP contribution in [0.15, 0.2) is 34.9 Å². The minimum atomic E-state index is -0.716. The van der Waals surface area contributed by atoms with E-state index in [2.05, 4.69) is 10.3 Å². The molecule has 4 rings (SSSR count). The third kappa shape index (κ3) is 3.94. The number of carbonyl (C=O) groups is 3. The molecule has 158 valence electrons. The smallest absolute Gasteiger partial charge is 0.275 e. The van der Waals surface area contributed by atoms with Crippen LogP contribution in [-0.2, 0) is 9.59 Å². The van der Waals surface area contributed by atoms with Crippen LogP contribution in [0.5, 0.6) is 0 Å². The first-order valence-electron chi connectivity index (χ1n) is 10.3. The maximum Gasteiger partial charge on any atom is 0.275 e. The van der Waals surface area contributed by atoms with Gasteiger partial charge in [0.2, 0.25) is 11.8 Å². The van der Waals surface area contributed by atoms with Crippen LogP contribution in [-0.4, -0.2) is 47.2 Å². The number of likely N-dealkylation sites (tertiary alicyclic amines) is 1. The van der Waals surface area contributed by atoms with Gasteiger partial charge in [-0.3, -0.25) is 14.4 Å². The largest absolute Gasteiger partial charge is 0.448 e. The molecule has 1 N–H and O–H groups in total. The van der Waals surface area contributed by atoms with Gasteiger partial charge in [0.05, 0.1) is 5.41 Å². The number of carbonyl (C=O) groups excluding carboxylic acids is 3. The van der Waals surface area contributed by atoms with E-state index in [0.29, 0.717) is 44.1 Å². The van der Waals surface area contributed by atoms with Gasteiger partial charge in [0.15, 0.2) is 11.6 Å². The Balaban J connectivity index is 1.46. The van der Waals surface area contributed by atoms with Gasteiger partial charge in [-0.1, -0.05) is 6.07 Å². The predicted molar refractivity (Wildman–Crippen MR) is 111 cm³/mol. The van der Waals surface area contributed by atoms with Gasteiger partial charge in [0.25, 0.3) is 5.91 Å². The van der Waals surface area contributed by atoms with Gasteiger partial charge in [0.1, 0.15) is 6.26 Å². The SMILES string of the molecule is Cc1nc(C(=O)N2CCC[C@](C)(C(=O)Nc3cccc(N4CCCC4=O)c3)C2)co1. The monoisotopic (exact) mass is 410 g/mol. The van der Waals surface area contributed by atoms with E-state index in [4.69, 9.17) is 4.42 Å². The number of oxazole rings is 1. The van der Waals surface area contributed by atoms with Gasteiger partial charge in [-0.05, 0) is 44.4 Å². The van der Waals surface area contributed by atoms with Crippen LogP contribution in [0.25, 0.3) is 0 Å². The van der Waals surface area contributed by atoms with Crippen LogP contribution in [0.3, 0.4) is 0 Å². The highest BCUT2D eigenvalue weighted by Crippen LogP contribution is 2.32. The molecule has 1 aromatic carbocycles.